The van der Waals surface area contributed by atoms with Crippen LogP contribution in [0.1, 0.15) is 37.8 Å². The second-order valence-corrected chi connectivity index (χ2v) is 4.90. The highest BCUT2D eigenvalue weighted by molar-refractivity contribution is 5.54. The van der Waals surface area contributed by atoms with Gasteiger partial charge in [-0.1, -0.05) is 25.1 Å². The van der Waals surface area contributed by atoms with Gasteiger partial charge in [0.1, 0.15) is 0 Å². The van der Waals surface area contributed by atoms with E-state index in [2.05, 4.69) is 43.1 Å². The first-order valence-electron chi connectivity index (χ1n) is 6.28. The van der Waals surface area contributed by atoms with Gasteiger partial charge in [0.2, 0.25) is 0 Å². The van der Waals surface area contributed by atoms with Gasteiger partial charge in [0.25, 0.3) is 0 Å². The van der Waals surface area contributed by atoms with Crippen LogP contribution in [0.2, 0.25) is 0 Å². The van der Waals surface area contributed by atoms with E-state index in [-0.39, 0.29) is 6.04 Å². The van der Waals surface area contributed by atoms with Crippen molar-refractivity contribution in [2.45, 2.75) is 32.2 Å². The third kappa shape index (κ3) is 2.56. The first kappa shape index (κ1) is 11.5. The lowest BCUT2D eigenvalue weighted by atomic mass is 10.0. The fourth-order valence-corrected chi connectivity index (χ4v) is 2.15. The van der Waals surface area contributed by atoms with Crippen LogP contribution in [0.25, 0.3) is 0 Å². The van der Waals surface area contributed by atoms with Crippen molar-refractivity contribution in [3.8, 4) is 0 Å². The Labute approximate surface area is 98.4 Å². The summed E-state index contributed by atoms with van der Waals surface area (Å²) in [5.41, 5.74) is 8.75. The van der Waals surface area contributed by atoms with E-state index < -0.39 is 0 Å². The van der Waals surface area contributed by atoms with Gasteiger partial charge in [0.15, 0.2) is 0 Å². The van der Waals surface area contributed by atoms with E-state index in [4.69, 9.17) is 5.73 Å². The van der Waals surface area contributed by atoms with E-state index in [1.54, 1.807) is 0 Å². The summed E-state index contributed by atoms with van der Waals surface area (Å²) in [5, 5.41) is 0. The molecule has 0 spiro atoms. The summed E-state index contributed by atoms with van der Waals surface area (Å²) in [6, 6.07) is 8.70. The van der Waals surface area contributed by atoms with Gasteiger partial charge in [-0.25, -0.2) is 0 Å². The van der Waals surface area contributed by atoms with Crippen molar-refractivity contribution in [1.29, 1.82) is 0 Å². The SMILES string of the molecule is CC[C@@H](N)c1ccccc1N(C)CC1CC1. The molecule has 0 aliphatic heterocycles. The van der Waals surface area contributed by atoms with Crippen LogP contribution in [0, 0.1) is 5.92 Å². The summed E-state index contributed by atoms with van der Waals surface area (Å²) < 4.78 is 0. The van der Waals surface area contributed by atoms with E-state index >= 15 is 0 Å². The number of hydrogen-bond donors (Lipinski definition) is 1. The normalized spacial score (nSPS) is 17.2. The number of nitrogens with two attached hydrogens (primary N) is 1. The van der Waals surface area contributed by atoms with Gasteiger partial charge in [0.05, 0.1) is 0 Å². The molecule has 1 fully saturated rings. The van der Waals surface area contributed by atoms with Gasteiger partial charge in [-0.3, -0.25) is 0 Å². The molecule has 2 rings (SSSR count). The van der Waals surface area contributed by atoms with Crippen LogP contribution in [0.5, 0.6) is 0 Å². The topological polar surface area (TPSA) is 29.3 Å². The quantitative estimate of drug-likeness (QED) is 0.823. The van der Waals surface area contributed by atoms with Crippen LogP contribution >= 0.6 is 0 Å². The molecule has 0 unspecified atom stereocenters. The molecule has 16 heavy (non-hydrogen) atoms. The predicted molar refractivity (Wildman–Crippen MR) is 69.7 cm³/mol. The van der Waals surface area contributed by atoms with Crippen LogP contribution in [0.3, 0.4) is 0 Å². The van der Waals surface area contributed by atoms with E-state index in [0.717, 1.165) is 12.3 Å². The molecule has 1 aromatic carbocycles. The van der Waals surface area contributed by atoms with E-state index in [0.29, 0.717) is 0 Å². The number of hydrogen-bond acceptors (Lipinski definition) is 2. The number of anilines is 1. The van der Waals surface area contributed by atoms with Crippen LogP contribution in [-0.2, 0) is 0 Å². The van der Waals surface area contributed by atoms with Crippen molar-refractivity contribution in [1.82, 2.24) is 0 Å². The first-order valence-corrected chi connectivity index (χ1v) is 6.28. The highest BCUT2D eigenvalue weighted by Gasteiger charge is 2.24. The van der Waals surface area contributed by atoms with Crippen LogP contribution in [0.15, 0.2) is 24.3 Å². The Hall–Kier alpha value is -1.02. The van der Waals surface area contributed by atoms with Crippen molar-refractivity contribution >= 4 is 5.69 Å². The average Bonchev–Trinajstić information content (AvgIpc) is 3.12. The van der Waals surface area contributed by atoms with Gasteiger partial charge >= 0.3 is 0 Å². The number of para-hydroxylation sites is 1. The highest BCUT2D eigenvalue weighted by atomic mass is 15.1. The van der Waals surface area contributed by atoms with Crippen molar-refractivity contribution in [2.24, 2.45) is 11.7 Å². The maximum atomic E-state index is 6.15. The molecule has 0 aromatic heterocycles. The lowest BCUT2D eigenvalue weighted by molar-refractivity contribution is 0.690. The van der Waals surface area contributed by atoms with Gasteiger partial charge in [-0.15, -0.1) is 0 Å². The third-order valence-electron chi connectivity index (χ3n) is 3.42. The van der Waals surface area contributed by atoms with Crippen LogP contribution in [0.4, 0.5) is 5.69 Å². The number of rotatable bonds is 5. The number of benzene rings is 1. The monoisotopic (exact) mass is 218 g/mol. The molecular weight excluding hydrogens is 196 g/mol. The molecule has 0 bridgehead atoms. The lowest BCUT2D eigenvalue weighted by Crippen LogP contribution is -2.23. The zero-order chi connectivity index (χ0) is 11.5. The molecule has 0 radical (unpaired) electrons. The summed E-state index contributed by atoms with van der Waals surface area (Å²) in [6.45, 7) is 3.32. The molecule has 2 heteroatoms. The van der Waals surface area contributed by atoms with E-state index in [1.165, 1.54) is 30.6 Å². The summed E-state index contributed by atoms with van der Waals surface area (Å²) in [5.74, 6) is 0.913. The standard InChI is InChI=1S/C14H22N2/c1-3-13(15)12-6-4-5-7-14(12)16(2)10-11-8-9-11/h4-7,11,13H,3,8-10,15H2,1-2H3/t13-/m1/s1. The smallest absolute Gasteiger partial charge is 0.0412 e. The molecule has 1 aliphatic rings. The Kier molecular flexibility index (Phi) is 3.49. The van der Waals surface area contributed by atoms with Crippen molar-refractivity contribution in [3.63, 3.8) is 0 Å². The highest BCUT2D eigenvalue weighted by Crippen LogP contribution is 2.33. The van der Waals surface area contributed by atoms with Crippen molar-refractivity contribution in [2.75, 3.05) is 18.5 Å². The Balaban J connectivity index is 2.16. The zero-order valence-electron chi connectivity index (χ0n) is 10.3. The molecule has 88 valence electrons. The van der Waals surface area contributed by atoms with E-state index in [1.807, 2.05) is 0 Å². The van der Waals surface area contributed by atoms with Crippen molar-refractivity contribution in [3.05, 3.63) is 29.8 Å². The fraction of sp³-hybridized carbons (Fsp3) is 0.571. The maximum absolute atomic E-state index is 6.15. The van der Waals surface area contributed by atoms with Crippen LogP contribution < -0.4 is 10.6 Å². The minimum Gasteiger partial charge on any atom is -0.374 e. The Morgan fingerprint density at radius 1 is 1.38 bits per heavy atom. The summed E-state index contributed by atoms with van der Waals surface area (Å²) in [7, 11) is 2.18. The molecule has 2 N–H and O–H groups in total. The first-order chi connectivity index (χ1) is 7.72. The van der Waals surface area contributed by atoms with Gasteiger partial charge in [-0.05, 0) is 36.8 Å². The molecule has 1 aliphatic carbocycles. The molecule has 1 aromatic rings. The van der Waals surface area contributed by atoms with Gasteiger partial charge in [-0.2, -0.15) is 0 Å². The maximum Gasteiger partial charge on any atom is 0.0412 e. The van der Waals surface area contributed by atoms with Crippen LogP contribution in [-0.4, -0.2) is 13.6 Å². The second-order valence-electron chi connectivity index (χ2n) is 4.90. The summed E-state index contributed by atoms with van der Waals surface area (Å²) >= 11 is 0. The second kappa shape index (κ2) is 4.88. The fourth-order valence-electron chi connectivity index (χ4n) is 2.15. The minimum atomic E-state index is 0.165. The minimum absolute atomic E-state index is 0.165. The van der Waals surface area contributed by atoms with Gasteiger partial charge < -0.3 is 10.6 Å². The molecule has 1 atom stereocenters. The number of nitrogens with zero attached hydrogens (tertiary/aromatic N) is 1. The molecule has 2 nitrogen and oxygen atoms in total. The summed E-state index contributed by atoms with van der Waals surface area (Å²) in [6.07, 6.45) is 3.78. The van der Waals surface area contributed by atoms with Gasteiger partial charge in [0, 0.05) is 25.3 Å². The molecular formula is C14H22N2. The molecule has 1 saturated carbocycles. The summed E-state index contributed by atoms with van der Waals surface area (Å²) in [4.78, 5) is 2.36. The van der Waals surface area contributed by atoms with Crippen molar-refractivity contribution < 1.29 is 0 Å². The Morgan fingerprint density at radius 2 is 2.06 bits per heavy atom. The Morgan fingerprint density at radius 3 is 2.69 bits per heavy atom. The lowest BCUT2D eigenvalue weighted by Gasteiger charge is -2.24. The molecule has 0 amide bonds. The predicted octanol–water partition coefficient (Wildman–Crippen LogP) is 2.94. The average molecular weight is 218 g/mol. The zero-order valence-corrected chi connectivity index (χ0v) is 10.3. The van der Waals surface area contributed by atoms with E-state index in [9.17, 15) is 0 Å². The third-order valence-corrected chi connectivity index (χ3v) is 3.42. The molecule has 0 heterocycles. The molecule has 0 saturated heterocycles. The Bertz CT molecular complexity index is 344. The largest absolute Gasteiger partial charge is 0.374 e.